The van der Waals surface area contributed by atoms with Crippen LogP contribution in [0.4, 0.5) is 16.0 Å². The quantitative estimate of drug-likeness (QED) is 0.205. The minimum absolute atomic E-state index is 0.000177. The number of rotatable bonds is 9. The number of fused-ring (bicyclic) bond motifs is 1. The predicted molar refractivity (Wildman–Crippen MR) is 162 cm³/mol. The van der Waals surface area contributed by atoms with E-state index in [0.29, 0.717) is 35.6 Å². The monoisotopic (exact) mass is 597 g/mol. The molecule has 0 aliphatic heterocycles. The Labute approximate surface area is 244 Å². The summed E-state index contributed by atoms with van der Waals surface area (Å²) in [6.45, 7) is 2.02. The summed E-state index contributed by atoms with van der Waals surface area (Å²) in [5, 5.41) is 7.36. The molecule has 5 rings (SSSR count). The summed E-state index contributed by atoms with van der Waals surface area (Å²) in [5.74, 6) is -0.0894. The number of hydrogen-bond acceptors (Lipinski definition) is 7. The average Bonchev–Trinajstić information content (AvgIpc) is 2.99. The molecule has 0 radical (unpaired) electrons. The number of benzene rings is 3. The first-order valence-electron chi connectivity index (χ1n) is 13.6. The summed E-state index contributed by atoms with van der Waals surface area (Å²) in [5.41, 5.74) is 2.37. The zero-order chi connectivity index (χ0) is 29.1. The van der Waals surface area contributed by atoms with Crippen molar-refractivity contribution < 1.29 is 17.5 Å². The van der Waals surface area contributed by atoms with Crippen molar-refractivity contribution in [3.05, 3.63) is 71.1 Å². The number of hydrogen-bond donors (Lipinski definition) is 3. The van der Waals surface area contributed by atoms with Crippen LogP contribution in [-0.2, 0) is 16.4 Å². The van der Waals surface area contributed by atoms with Crippen LogP contribution in [0.15, 0.2) is 59.6 Å². The Morgan fingerprint density at radius 3 is 2.44 bits per heavy atom. The summed E-state index contributed by atoms with van der Waals surface area (Å²) < 4.78 is 49.1. The van der Waals surface area contributed by atoms with E-state index in [1.165, 1.54) is 25.3 Å². The van der Waals surface area contributed by atoms with Gasteiger partial charge >= 0.3 is 0 Å². The number of methoxy groups -OCH3 is 1. The SMILES string of the molecule is CCc1cc(-c2c(OC)cc(NS(=O)(=O)c3ccccc3)c(F)c2Cl)cc2cnc(NC3CCC(NC)CC3)nc12. The molecule has 0 spiro atoms. The van der Waals surface area contributed by atoms with Crippen molar-refractivity contribution in [2.24, 2.45) is 0 Å². The maximum absolute atomic E-state index is 15.6. The fourth-order valence-electron chi connectivity index (χ4n) is 5.32. The van der Waals surface area contributed by atoms with Gasteiger partial charge in [0.15, 0.2) is 5.82 Å². The van der Waals surface area contributed by atoms with E-state index in [4.69, 9.17) is 21.3 Å². The van der Waals surface area contributed by atoms with Crippen LogP contribution in [0.1, 0.15) is 38.2 Å². The average molecular weight is 598 g/mol. The maximum Gasteiger partial charge on any atom is 0.261 e. The van der Waals surface area contributed by atoms with Gasteiger partial charge in [0.2, 0.25) is 5.95 Å². The molecule has 216 valence electrons. The molecule has 1 saturated carbocycles. The van der Waals surface area contributed by atoms with E-state index >= 15 is 4.39 Å². The molecule has 0 amide bonds. The Hall–Kier alpha value is -3.47. The van der Waals surface area contributed by atoms with E-state index in [0.717, 1.165) is 42.1 Å². The molecule has 0 atom stereocenters. The standard InChI is InChI=1S/C30H33ClFN5O3S/c1-4-18-14-19(15-20-17-34-30(36-29(18)20)35-22-12-10-21(33-2)11-13-22)26-25(40-3)16-24(28(32)27(26)31)37-41(38,39)23-8-6-5-7-9-23/h5-9,14-17,21-22,33,37H,4,10-13H2,1-3H3,(H,34,35,36). The first-order chi connectivity index (χ1) is 19.7. The smallest absolute Gasteiger partial charge is 0.261 e. The first-order valence-corrected chi connectivity index (χ1v) is 15.5. The van der Waals surface area contributed by atoms with Crippen LogP contribution in [-0.4, -0.2) is 44.6 Å². The normalized spacial score (nSPS) is 17.4. The van der Waals surface area contributed by atoms with Gasteiger partial charge in [-0.1, -0.05) is 36.7 Å². The minimum atomic E-state index is -4.04. The summed E-state index contributed by atoms with van der Waals surface area (Å²) in [6.07, 6.45) is 6.74. The van der Waals surface area contributed by atoms with Crippen LogP contribution >= 0.6 is 11.6 Å². The van der Waals surface area contributed by atoms with E-state index in [1.807, 2.05) is 26.1 Å². The number of sulfonamides is 1. The lowest BCUT2D eigenvalue weighted by Gasteiger charge is -2.28. The number of aryl methyl sites for hydroxylation is 1. The summed E-state index contributed by atoms with van der Waals surface area (Å²) in [4.78, 5) is 9.39. The Bertz CT molecular complexity index is 1660. The van der Waals surface area contributed by atoms with Gasteiger partial charge in [-0.25, -0.2) is 22.8 Å². The number of ether oxygens (including phenoxy) is 1. The molecular weight excluding hydrogens is 565 g/mol. The number of halogens is 2. The molecule has 0 bridgehead atoms. The second-order valence-electron chi connectivity index (χ2n) is 10.1. The van der Waals surface area contributed by atoms with Gasteiger partial charge < -0.3 is 15.4 Å². The third kappa shape index (κ3) is 6.10. The molecule has 8 nitrogen and oxygen atoms in total. The third-order valence-corrected chi connectivity index (χ3v) is 9.32. The van der Waals surface area contributed by atoms with Crippen LogP contribution in [0.2, 0.25) is 5.02 Å². The maximum atomic E-state index is 15.6. The second-order valence-corrected chi connectivity index (χ2v) is 12.2. The highest BCUT2D eigenvalue weighted by molar-refractivity contribution is 7.92. The van der Waals surface area contributed by atoms with Crippen molar-refractivity contribution >= 4 is 44.2 Å². The van der Waals surface area contributed by atoms with Crippen LogP contribution in [0, 0.1) is 5.82 Å². The van der Waals surface area contributed by atoms with Crippen molar-refractivity contribution in [1.82, 2.24) is 15.3 Å². The van der Waals surface area contributed by atoms with Crippen LogP contribution < -0.4 is 20.1 Å². The van der Waals surface area contributed by atoms with Crippen molar-refractivity contribution in [3.8, 4) is 16.9 Å². The molecule has 1 fully saturated rings. The Morgan fingerprint density at radius 1 is 1.07 bits per heavy atom. The zero-order valence-corrected chi connectivity index (χ0v) is 24.7. The summed E-state index contributed by atoms with van der Waals surface area (Å²) >= 11 is 6.56. The zero-order valence-electron chi connectivity index (χ0n) is 23.2. The van der Waals surface area contributed by atoms with Gasteiger partial charge in [-0.15, -0.1) is 0 Å². The number of nitrogens with one attached hydrogen (secondary N) is 3. The van der Waals surface area contributed by atoms with Gasteiger partial charge in [-0.05, 0) is 74.5 Å². The number of anilines is 2. The van der Waals surface area contributed by atoms with Crippen LogP contribution in [0.3, 0.4) is 0 Å². The lowest BCUT2D eigenvalue weighted by atomic mass is 9.91. The highest BCUT2D eigenvalue weighted by Crippen LogP contribution is 2.43. The van der Waals surface area contributed by atoms with Gasteiger partial charge in [0.05, 0.1) is 28.2 Å². The lowest BCUT2D eigenvalue weighted by Crippen LogP contribution is -2.35. The van der Waals surface area contributed by atoms with Gasteiger partial charge in [0.1, 0.15) is 5.75 Å². The van der Waals surface area contributed by atoms with Crippen molar-refractivity contribution in [2.75, 3.05) is 24.2 Å². The first kappa shape index (κ1) is 29.0. The van der Waals surface area contributed by atoms with Crippen molar-refractivity contribution in [2.45, 2.75) is 56.0 Å². The molecule has 1 aromatic heterocycles. The van der Waals surface area contributed by atoms with E-state index in [9.17, 15) is 8.42 Å². The molecule has 1 heterocycles. The molecule has 41 heavy (non-hydrogen) atoms. The predicted octanol–water partition coefficient (Wildman–Crippen LogP) is 6.40. The molecule has 1 aliphatic carbocycles. The van der Waals surface area contributed by atoms with Gasteiger partial charge in [-0.3, -0.25) is 4.72 Å². The van der Waals surface area contributed by atoms with Gasteiger partial charge in [-0.2, -0.15) is 0 Å². The van der Waals surface area contributed by atoms with E-state index in [-0.39, 0.29) is 21.4 Å². The Balaban J connectivity index is 1.49. The molecule has 1 aliphatic rings. The third-order valence-electron chi connectivity index (χ3n) is 7.59. The lowest BCUT2D eigenvalue weighted by molar-refractivity contribution is 0.370. The molecule has 3 aromatic carbocycles. The van der Waals surface area contributed by atoms with Crippen molar-refractivity contribution in [3.63, 3.8) is 0 Å². The van der Waals surface area contributed by atoms with Crippen LogP contribution in [0.5, 0.6) is 5.75 Å². The summed E-state index contributed by atoms with van der Waals surface area (Å²) in [6, 6.07) is 13.7. The van der Waals surface area contributed by atoms with Gasteiger partial charge in [0.25, 0.3) is 10.0 Å². The number of aromatic nitrogens is 2. The van der Waals surface area contributed by atoms with Gasteiger partial charge in [0, 0.05) is 35.3 Å². The highest BCUT2D eigenvalue weighted by Gasteiger charge is 2.25. The Morgan fingerprint density at radius 2 is 1.78 bits per heavy atom. The molecule has 0 saturated heterocycles. The van der Waals surface area contributed by atoms with E-state index in [1.54, 1.807) is 24.4 Å². The molecule has 0 unspecified atom stereocenters. The number of nitrogens with zero attached hydrogens (tertiary/aromatic N) is 2. The highest BCUT2D eigenvalue weighted by atomic mass is 35.5. The topological polar surface area (TPSA) is 105 Å². The largest absolute Gasteiger partial charge is 0.496 e. The molecule has 3 N–H and O–H groups in total. The molecular formula is C30H33ClFN5O3S. The fourth-order valence-corrected chi connectivity index (χ4v) is 6.70. The minimum Gasteiger partial charge on any atom is -0.496 e. The molecule has 4 aromatic rings. The Kier molecular flexibility index (Phi) is 8.63. The van der Waals surface area contributed by atoms with Crippen molar-refractivity contribution in [1.29, 1.82) is 0 Å². The summed E-state index contributed by atoms with van der Waals surface area (Å²) in [7, 11) is -0.613. The fraction of sp³-hybridized carbons (Fsp3) is 0.333. The molecule has 11 heteroatoms. The van der Waals surface area contributed by atoms with E-state index in [2.05, 4.69) is 20.3 Å². The second kappa shape index (κ2) is 12.2. The van der Waals surface area contributed by atoms with E-state index < -0.39 is 15.8 Å². The van der Waals surface area contributed by atoms with Crippen LogP contribution in [0.25, 0.3) is 22.0 Å².